The molecule has 1 aromatic rings. The van der Waals surface area contributed by atoms with E-state index in [-0.39, 0.29) is 6.61 Å². The highest BCUT2D eigenvalue weighted by Gasteiger charge is 2.12. The molecule has 0 aliphatic rings. The molecule has 0 radical (unpaired) electrons. The number of carbonyl (C=O) groups is 1. The molecule has 0 bridgehead atoms. The van der Waals surface area contributed by atoms with Crippen LogP contribution >= 0.6 is 0 Å². The Hall–Kier alpha value is -1.55. The van der Waals surface area contributed by atoms with Crippen molar-refractivity contribution in [2.45, 2.75) is 19.3 Å². The van der Waals surface area contributed by atoms with E-state index < -0.39 is 5.91 Å². The molecule has 0 aromatic heterocycles. The van der Waals surface area contributed by atoms with E-state index in [0.29, 0.717) is 24.2 Å². The van der Waals surface area contributed by atoms with Crippen LogP contribution < -0.4 is 10.5 Å². The molecule has 0 fully saturated rings. The van der Waals surface area contributed by atoms with Crippen LogP contribution in [0.1, 0.15) is 28.8 Å². The molecule has 0 heterocycles. The van der Waals surface area contributed by atoms with E-state index in [1.807, 2.05) is 0 Å². The van der Waals surface area contributed by atoms with Gasteiger partial charge in [-0.3, -0.25) is 4.79 Å². The maximum Gasteiger partial charge on any atom is 0.249 e. The van der Waals surface area contributed by atoms with Crippen LogP contribution in [-0.4, -0.2) is 24.7 Å². The minimum Gasteiger partial charge on any atom is -0.496 e. The lowest BCUT2D eigenvalue weighted by atomic mass is 10.0. The third-order valence-electron chi connectivity index (χ3n) is 2.45. The first-order valence-corrected chi connectivity index (χ1v) is 5.27. The maximum absolute atomic E-state index is 11.2. The van der Waals surface area contributed by atoms with Crippen LogP contribution in [0.5, 0.6) is 5.75 Å². The first-order valence-electron chi connectivity index (χ1n) is 5.27. The molecule has 0 aliphatic heterocycles. The lowest BCUT2D eigenvalue weighted by Gasteiger charge is -2.11. The van der Waals surface area contributed by atoms with Gasteiger partial charge in [0.15, 0.2) is 0 Å². The summed E-state index contributed by atoms with van der Waals surface area (Å²) in [5, 5.41) is 8.73. The minimum absolute atomic E-state index is 0.154. The molecule has 0 atom stereocenters. The fraction of sp³-hybridized carbons (Fsp3) is 0.417. The number of unbranched alkanes of at least 4 members (excludes halogenated alkanes) is 1. The lowest BCUT2D eigenvalue weighted by molar-refractivity contribution is 0.0999. The van der Waals surface area contributed by atoms with Crippen molar-refractivity contribution in [2.24, 2.45) is 5.73 Å². The number of methoxy groups -OCH3 is 1. The number of rotatable bonds is 6. The number of hydrogen-bond acceptors (Lipinski definition) is 3. The molecule has 88 valence electrons. The second kappa shape index (κ2) is 6.12. The van der Waals surface area contributed by atoms with Crippen molar-refractivity contribution < 1.29 is 14.6 Å². The zero-order valence-electron chi connectivity index (χ0n) is 9.40. The zero-order valence-corrected chi connectivity index (χ0v) is 9.40. The number of primary amides is 1. The van der Waals surface area contributed by atoms with Gasteiger partial charge >= 0.3 is 0 Å². The van der Waals surface area contributed by atoms with Gasteiger partial charge in [-0.15, -0.1) is 0 Å². The van der Waals surface area contributed by atoms with E-state index in [4.69, 9.17) is 15.6 Å². The summed E-state index contributed by atoms with van der Waals surface area (Å²) < 4.78 is 5.20. The Bertz CT molecular complexity index is 363. The highest BCUT2D eigenvalue weighted by molar-refractivity contribution is 5.95. The van der Waals surface area contributed by atoms with E-state index in [1.54, 1.807) is 25.3 Å². The second-order valence-corrected chi connectivity index (χ2v) is 3.53. The quantitative estimate of drug-likeness (QED) is 0.709. The van der Waals surface area contributed by atoms with Gasteiger partial charge in [0.2, 0.25) is 5.91 Å². The molecule has 0 spiro atoms. The molecule has 0 unspecified atom stereocenters. The fourth-order valence-electron chi connectivity index (χ4n) is 1.66. The summed E-state index contributed by atoms with van der Waals surface area (Å²) in [7, 11) is 1.57. The minimum atomic E-state index is -0.446. The fourth-order valence-corrected chi connectivity index (χ4v) is 1.66. The summed E-state index contributed by atoms with van der Waals surface area (Å²) in [6.45, 7) is 0.154. The molecular formula is C12H17NO3. The number of ether oxygens (including phenoxy) is 1. The molecule has 1 amide bonds. The van der Waals surface area contributed by atoms with E-state index in [2.05, 4.69) is 0 Å². The SMILES string of the molecule is COc1cccc(C(N)=O)c1CCCCO. The van der Waals surface area contributed by atoms with Crippen LogP contribution in [0.25, 0.3) is 0 Å². The first kappa shape index (κ1) is 12.5. The van der Waals surface area contributed by atoms with Crippen molar-refractivity contribution in [1.82, 2.24) is 0 Å². The Morgan fingerprint density at radius 1 is 1.44 bits per heavy atom. The Balaban J connectivity index is 2.95. The molecule has 0 saturated heterocycles. The number of nitrogens with two attached hydrogens (primary N) is 1. The van der Waals surface area contributed by atoms with E-state index in [0.717, 1.165) is 12.0 Å². The highest BCUT2D eigenvalue weighted by atomic mass is 16.5. The average Bonchev–Trinajstić information content (AvgIpc) is 2.29. The number of aliphatic hydroxyl groups is 1. The summed E-state index contributed by atoms with van der Waals surface area (Å²) in [6, 6.07) is 5.24. The van der Waals surface area contributed by atoms with Crippen molar-refractivity contribution in [3.8, 4) is 5.75 Å². The third kappa shape index (κ3) is 2.97. The largest absolute Gasteiger partial charge is 0.496 e. The Kier molecular flexibility index (Phi) is 4.79. The Morgan fingerprint density at radius 3 is 2.75 bits per heavy atom. The summed E-state index contributed by atoms with van der Waals surface area (Å²) in [6.07, 6.45) is 2.19. The zero-order chi connectivity index (χ0) is 12.0. The van der Waals surface area contributed by atoms with Gasteiger partial charge in [-0.25, -0.2) is 0 Å². The third-order valence-corrected chi connectivity index (χ3v) is 2.45. The number of amides is 1. The standard InChI is InChI=1S/C12H17NO3/c1-16-11-7-4-6-10(12(13)15)9(11)5-2-3-8-14/h4,6-7,14H,2-3,5,8H2,1H3,(H2,13,15). The monoisotopic (exact) mass is 223 g/mol. The van der Waals surface area contributed by atoms with Crippen LogP contribution in [0.2, 0.25) is 0 Å². The molecule has 16 heavy (non-hydrogen) atoms. The number of hydrogen-bond donors (Lipinski definition) is 2. The van der Waals surface area contributed by atoms with E-state index in [1.165, 1.54) is 0 Å². The molecule has 0 saturated carbocycles. The van der Waals surface area contributed by atoms with Crippen LogP contribution in [0.15, 0.2) is 18.2 Å². The summed E-state index contributed by atoms with van der Waals surface area (Å²) in [5.41, 5.74) is 6.62. The topological polar surface area (TPSA) is 72.5 Å². The van der Waals surface area contributed by atoms with Crippen LogP contribution in [0.3, 0.4) is 0 Å². The van der Waals surface area contributed by atoms with Gasteiger partial charge in [0.05, 0.1) is 7.11 Å². The van der Waals surface area contributed by atoms with Gasteiger partial charge in [-0.1, -0.05) is 6.07 Å². The molecule has 1 aromatic carbocycles. The molecule has 4 nitrogen and oxygen atoms in total. The van der Waals surface area contributed by atoms with Gasteiger partial charge < -0.3 is 15.6 Å². The molecule has 1 rings (SSSR count). The predicted molar refractivity (Wildman–Crippen MR) is 61.5 cm³/mol. The number of carbonyl (C=O) groups excluding carboxylic acids is 1. The van der Waals surface area contributed by atoms with Gasteiger partial charge in [0.1, 0.15) is 5.75 Å². The van der Waals surface area contributed by atoms with Crippen LogP contribution in [0, 0.1) is 0 Å². The average molecular weight is 223 g/mol. The van der Waals surface area contributed by atoms with Crippen molar-refractivity contribution in [3.05, 3.63) is 29.3 Å². The van der Waals surface area contributed by atoms with Gasteiger partial charge in [-0.05, 0) is 31.4 Å². The lowest BCUT2D eigenvalue weighted by Crippen LogP contribution is -2.14. The van der Waals surface area contributed by atoms with E-state index in [9.17, 15) is 4.79 Å². The number of benzene rings is 1. The van der Waals surface area contributed by atoms with Crippen molar-refractivity contribution in [2.75, 3.05) is 13.7 Å². The Labute approximate surface area is 95.0 Å². The summed E-state index contributed by atoms with van der Waals surface area (Å²) in [5.74, 6) is 0.229. The predicted octanol–water partition coefficient (Wildman–Crippen LogP) is 1.11. The highest BCUT2D eigenvalue weighted by Crippen LogP contribution is 2.23. The van der Waals surface area contributed by atoms with Crippen molar-refractivity contribution in [3.63, 3.8) is 0 Å². The van der Waals surface area contributed by atoms with Gasteiger partial charge in [0, 0.05) is 17.7 Å². The van der Waals surface area contributed by atoms with Crippen LogP contribution in [-0.2, 0) is 6.42 Å². The first-order chi connectivity index (χ1) is 7.70. The van der Waals surface area contributed by atoms with Crippen molar-refractivity contribution >= 4 is 5.91 Å². The second-order valence-electron chi connectivity index (χ2n) is 3.53. The summed E-state index contributed by atoms with van der Waals surface area (Å²) >= 11 is 0. The summed E-state index contributed by atoms with van der Waals surface area (Å²) in [4.78, 5) is 11.2. The van der Waals surface area contributed by atoms with Crippen LogP contribution in [0.4, 0.5) is 0 Å². The number of aliphatic hydroxyl groups excluding tert-OH is 1. The smallest absolute Gasteiger partial charge is 0.249 e. The van der Waals surface area contributed by atoms with Gasteiger partial charge in [-0.2, -0.15) is 0 Å². The molecule has 0 aliphatic carbocycles. The molecule has 4 heteroatoms. The van der Waals surface area contributed by atoms with Gasteiger partial charge in [0.25, 0.3) is 0 Å². The maximum atomic E-state index is 11.2. The Morgan fingerprint density at radius 2 is 2.19 bits per heavy atom. The molecule has 3 N–H and O–H groups in total. The van der Waals surface area contributed by atoms with E-state index >= 15 is 0 Å². The molecular weight excluding hydrogens is 206 g/mol. The van der Waals surface area contributed by atoms with Crippen molar-refractivity contribution in [1.29, 1.82) is 0 Å². The normalized spacial score (nSPS) is 10.1.